The van der Waals surface area contributed by atoms with Gasteiger partial charge in [0.15, 0.2) is 5.78 Å². The fourth-order valence-corrected chi connectivity index (χ4v) is 7.43. The molecule has 4 atom stereocenters. The second-order valence-corrected chi connectivity index (χ2v) is 13.1. The van der Waals surface area contributed by atoms with E-state index in [1.165, 1.54) is 0 Å². The standard InChI is InChI=1S/C31H46N4O4/c1-5-33-13-15-34(16-14-33)21-11-12-22(29(32)37)23(17-21)26(20-9-7-6-8-10-20)30(38)35-18-24(31(2,3)4)28-27(35)25(36)19-39-28/h11-12,17,20,24,26-28H,5-10,13-16,18-19H2,1-4H3,(H2,32,37)/t24-,26+,27-,28-/m1/s1. The minimum Gasteiger partial charge on any atom is -0.369 e. The topological polar surface area (TPSA) is 96.2 Å². The highest BCUT2D eigenvalue weighted by Crippen LogP contribution is 2.45. The number of ether oxygens (including phenoxy) is 1. The molecule has 3 saturated heterocycles. The second-order valence-electron chi connectivity index (χ2n) is 13.1. The van der Waals surface area contributed by atoms with Crippen LogP contribution in [-0.2, 0) is 14.3 Å². The molecule has 8 nitrogen and oxygen atoms in total. The van der Waals surface area contributed by atoms with E-state index >= 15 is 0 Å². The number of fused-ring (bicyclic) bond motifs is 1. The van der Waals surface area contributed by atoms with Gasteiger partial charge in [0.2, 0.25) is 11.8 Å². The van der Waals surface area contributed by atoms with Crippen molar-refractivity contribution in [2.24, 2.45) is 23.0 Å². The largest absolute Gasteiger partial charge is 0.369 e. The van der Waals surface area contributed by atoms with Gasteiger partial charge in [-0.3, -0.25) is 14.4 Å². The number of nitrogens with zero attached hydrogens (tertiary/aromatic N) is 3. The fourth-order valence-electron chi connectivity index (χ4n) is 7.43. The normalized spacial score (nSPS) is 27.6. The summed E-state index contributed by atoms with van der Waals surface area (Å²) < 4.78 is 5.99. The van der Waals surface area contributed by atoms with Crippen LogP contribution in [0.25, 0.3) is 0 Å². The van der Waals surface area contributed by atoms with Gasteiger partial charge in [-0.15, -0.1) is 0 Å². The predicted octanol–water partition coefficient (Wildman–Crippen LogP) is 3.43. The Bertz CT molecular complexity index is 1080. The van der Waals surface area contributed by atoms with Crippen LogP contribution in [0, 0.1) is 17.3 Å². The minimum absolute atomic E-state index is 0.0137. The molecule has 0 bridgehead atoms. The summed E-state index contributed by atoms with van der Waals surface area (Å²) in [5.41, 5.74) is 8.01. The molecule has 214 valence electrons. The first-order valence-electron chi connectivity index (χ1n) is 15.0. The first kappa shape index (κ1) is 28.1. The number of likely N-dealkylation sites (N-methyl/N-ethyl adjacent to an activating group) is 1. The molecule has 3 heterocycles. The molecule has 1 aromatic carbocycles. The lowest BCUT2D eigenvalue weighted by atomic mass is 9.74. The lowest BCUT2D eigenvalue weighted by molar-refractivity contribution is -0.139. The number of amides is 2. The van der Waals surface area contributed by atoms with Gasteiger partial charge in [0.05, 0.1) is 12.0 Å². The number of hydrogen-bond donors (Lipinski definition) is 1. The molecule has 0 spiro atoms. The Morgan fingerprint density at radius 2 is 1.77 bits per heavy atom. The van der Waals surface area contributed by atoms with E-state index in [0.29, 0.717) is 12.1 Å². The van der Waals surface area contributed by atoms with E-state index in [-0.39, 0.29) is 41.7 Å². The Hall–Kier alpha value is -2.45. The SMILES string of the molecule is CCN1CCN(c2ccc(C(N)=O)c([C@@H](C(=O)N3C[C@@H](C(C)(C)C)[C@H]4OCC(=O)[C@H]43)C3CCCCC3)c2)CC1. The maximum absolute atomic E-state index is 14.7. The molecular weight excluding hydrogens is 492 g/mol. The van der Waals surface area contributed by atoms with Crippen molar-refractivity contribution in [2.75, 3.05) is 50.8 Å². The number of carbonyl (C=O) groups is 3. The summed E-state index contributed by atoms with van der Waals surface area (Å²) >= 11 is 0. The van der Waals surface area contributed by atoms with Gasteiger partial charge in [0.1, 0.15) is 12.6 Å². The number of rotatable bonds is 6. The lowest BCUT2D eigenvalue weighted by Crippen LogP contribution is -2.47. The number of primary amides is 1. The van der Waals surface area contributed by atoms with Gasteiger partial charge in [-0.1, -0.05) is 47.0 Å². The van der Waals surface area contributed by atoms with Gasteiger partial charge in [-0.05, 0) is 54.5 Å². The van der Waals surface area contributed by atoms with Gasteiger partial charge in [0, 0.05) is 49.9 Å². The lowest BCUT2D eigenvalue weighted by Gasteiger charge is -2.37. The summed E-state index contributed by atoms with van der Waals surface area (Å²) in [6, 6.07) is 5.30. The molecule has 2 N–H and O–H groups in total. The van der Waals surface area contributed by atoms with E-state index in [0.717, 1.165) is 76.1 Å². The number of anilines is 1. The summed E-state index contributed by atoms with van der Waals surface area (Å²) in [6.07, 6.45) is 4.89. The van der Waals surface area contributed by atoms with E-state index in [4.69, 9.17) is 10.5 Å². The molecule has 5 rings (SSSR count). The average molecular weight is 539 g/mol. The minimum atomic E-state index is -0.546. The van der Waals surface area contributed by atoms with Gasteiger partial charge in [0.25, 0.3) is 0 Å². The van der Waals surface area contributed by atoms with E-state index in [1.807, 2.05) is 17.0 Å². The predicted molar refractivity (Wildman–Crippen MR) is 152 cm³/mol. The molecule has 2 amide bonds. The van der Waals surface area contributed by atoms with Crippen LogP contribution < -0.4 is 10.6 Å². The van der Waals surface area contributed by atoms with Crippen molar-refractivity contribution in [3.05, 3.63) is 29.3 Å². The van der Waals surface area contributed by atoms with Crippen LogP contribution in [0.3, 0.4) is 0 Å². The molecule has 0 unspecified atom stereocenters. The number of piperazine rings is 1. The molecule has 1 aromatic rings. The number of hydrogen-bond acceptors (Lipinski definition) is 6. The molecule has 3 aliphatic heterocycles. The first-order valence-corrected chi connectivity index (χ1v) is 15.0. The van der Waals surface area contributed by atoms with E-state index in [1.54, 1.807) is 0 Å². The Labute approximate surface area is 233 Å². The number of likely N-dealkylation sites (tertiary alicyclic amines) is 1. The van der Waals surface area contributed by atoms with Crippen molar-refractivity contribution in [1.82, 2.24) is 9.80 Å². The van der Waals surface area contributed by atoms with Crippen molar-refractivity contribution < 1.29 is 19.1 Å². The Balaban J connectivity index is 1.54. The molecule has 1 saturated carbocycles. The van der Waals surface area contributed by atoms with Gasteiger partial charge in [-0.2, -0.15) is 0 Å². The second kappa shape index (κ2) is 11.2. The summed E-state index contributed by atoms with van der Waals surface area (Å²) in [5, 5.41) is 0. The van der Waals surface area contributed by atoms with E-state index in [2.05, 4.69) is 43.6 Å². The zero-order chi connectivity index (χ0) is 27.9. The average Bonchev–Trinajstić information content (AvgIpc) is 3.50. The quantitative estimate of drug-likeness (QED) is 0.596. The van der Waals surface area contributed by atoms with Crippen LogP contribution >= 0.6 is 0 Å². The third-order valence-corrected chi connectivity index (χ3v) is 9.79. The highest BCUT2D eigenvalue weighted by Gasteiger charge is 2.56. The van der Waals surface area contributed by atoms with Gasteiger partial charge >= 0.3 is 0 Å². The third kappa shape index (κ3) is 5.47. The Morgan fingerprint density at radius 3 is 2.38 bits per heavy atom. The van der Waals surface area contributed by atoms with Crippen molar-refractivity contribution in [3.63, 3.8) is 0 Å². The maximum atomic E-state index is 14.7. The van der Waals surface area contributed by atoms with Crippen molar-refractivity contribution in [2.45, 2.75) is 77.9 Å². The molecule has 0 aromatic heterocycles. The van der Waals surface area contributed by atoms with Crippen LogP contribution in [0.15, 0.2) is 18.2 Å². The third-order valence-electron chi connectivity index (χ3n) is 9.79. The van der Waals surface area contributed by atoms with E-state index < -0.39 is 17.9 Å². The number of benzene rings is 1. The number of Topliss-reactive ketones (excluding diaryl/α,β-unsaturated/α-hetero) is 1. The number of nitrogens with two attached hydrogens (primary N) is 1. The highest BCUT2D eigenvalue weighted by molar-refractivity contribution is 5.99. The van der Waals surface area contributed by atoms with Crippen LogP contribution in [0.4, 0.5) is 5.69 Å². The molecule has 1 aliphatic carbocycles. The summed E-state index contributed by atoms with van der Waals surface area (Å²) in [4.78, 5) is 47.1. The zero-order valence-electron chi connectivity index (χ0n) is 24.2. The van der Waals surface area contributed by atoms with Crippen LogP contribution in [-0.4, -0.2) is 85.4 Å². The van der Waals surface area contributed by atoms with Gasteiger partial charge < -0.3 is 25.2 Å². The zero-order valence-corrected chi connectivity index (χ0v) is 24.2. The van der Waals surface area contributed by atoms with Crippen LogP contribution in [0.2, 0.25) is 0 Å². The van der Waals surface area contributed by atoms with Gasteiger partial charge in [-0.25, -0.2) is 0 Å². The molecule has 4 fully saturated rings. The smallest absolute Gasteiger partial charge is 0.249 e. The molecule has 8 heteroatoms. The summed E-state index contributed by atoms with van der Waals surface area (Å²) in [6.45, 7) is 14.0. The molecule has 39 heavy (non-hydrogen) atoms. The van der Waals surface area contributed by atoms with Crippen molar-refractivity contribution in [3.8, 4) is 0 Å². The maximum Gasteiger partial charge on any atom is 0.249 e. The fraction of sp³-hybridized carbons (Fsp3) is 0.710. The Kier molecular flexibility index (Phi) is 8.07. The Morgan fingerprint density at radius 1 is 1.08 bits per heavy atom. The highest BCUT2D eigenvalue weighted by atomic mass is 16.5. The number of carbonyl (C=O) groups excluding carboxylic acids is 3. The van der Waals surface area contributed by atoms with E-state index in [9.17, 15) is 14.4 Å². The first-order chi connectivity index (χ1) is 18.6. The summed E-state index contributed by atoms with van der Waals surface area (Å²) in [7, 11) is 0. The van der Waals surface area contributed by atoms with Crippen LogP contribution in [0.1, 0.15) is 81.6 Å². The van der Waals surface area contributed by atoms with Crippen molar-refractivity contribution in [1.29, 1.82) is 0 Å². The molecule has 4 aliphatic rings. The van der Waals surface area contributed by atoms with Crippen molar-refractivity contribution >= 4 is 23.3 Å². The number of ketones is 1. The molecular formula is C31H46N4O4. The molecule has 0 radical (unpaired) electrons. The summed E-state index contributed by atoms with van der Waals surface area (Å²) in [5.74, 6) is -0.883. The monoisotopic (exact) mass is 538 g/mol. The van der Waals surface area contributed by atoms with Crippen LogP contribution in [0.5, 0.6) is 0 Å².